The van der Waals surface area contributed by atoms with Gasteiger partial charge in [0.05, 0.1) is 13.2 Å². The van der Waals surface area contributed by atoms with Gasteiger partial charge >= 0.3 is 0 Å². The number of ether oxygens (including phenoxy) is 1. The lowest BCUT2D eigenvalue weighted by Gasteiger charge is -2.30. The maximum atomic E-state index is 12.7. The number of aromatic nitrogens is 3. The van der Waals surface area contributed by atoms with E-state index in [1.807, 2.05) is 17.0 Å². The van der Waals surface area contributed by atoms with E-state index in [-0.39, 0.29) is 18.5 Å². The Balaban J connectivity index is 1.80. The molecule has 1 aliphatic heterocycles. The van der Waals surface area contributed by atoms with Crippen molar-refractivity contribution in [3.63, 3.8) is 0 Å². The van der Waals surface area contributed by atoms with E-state index < -0.39 is 0 Å². The lowest BCUT2D eigenvalue weighted by atomic mass is 10.0. The van der Waals surface area contributed by atoms with E-state index in [4.69, 9.17) is 4.74 Å². The molecule has 23 heavy (non-hydrogen) atoms. The third kappa shape index (κ3) is 3.70. The summed E-state index contributed by atoms with van der Waals surface area (Å²) < 4.78 is 6.81. The molecule has 0 N–H and O–H groups in total. The van der Waals surface area contributed by atoms with E-state index in [1.54, 1.807) is 18.1 Å². The fraction of sp³-hybridized carbons (Fsp3) is 0.471. The van der Waals surface area contributed by atoms with Gasteiger partial charge in [0, 0.05) is 6.54 Å². The van der Waals surface area contributed by atoms with Crippen LogP contribution in [0.25, 0.3) is 0 Å². The molecule has 1 atom stereocenters. The zero-order chi connectivity index (χ0) is 16.1. The number of nitrogens with zero attached hydrogens (tertiary/aromatic N) is 4. The van der Waals surface area contributed by atoms with Gasteiger partial charge in [0.25, 0.3) is 0 Å². The summed E-state index contributed by atoms with van der Waals surface area (Å²) in [5, 5.41) is 4.04. The first-order valence-corrected chi connectivity index (χ1v) is 8.04. The van der Waals surface area contributed by atoms with E-state index in [1.165, 1.54) is 18.3 Å². The number of hydrogen-bond acceptors (Lipinski definition) is 4. The van der Waals surface area contributed by atoms with Crippen molar-refractivity contribution >= 4 is 5.91 Å². The van der Waals surface area contributed by atoms with Crippen LogP contribution in [0.4, 0.5) is 0 Å². The molecule has 1 aliphatic rings. The van der Waals surface area contributed by atoms with Crippen LogP contribution in [0.15, 0.2) is 36.9 Å². The predicted molar refractivity (Wildman–Crippen MR) is 85.9 cm³/mol. The molecule has 1 aromatic heterocycles. The molecule has 2 aromatic rings. The van der Waals surface area contributed by atoms with Crippen LogP contribution in [0.5, 0.6) is 5.75 Å². The summed E-state index contributed by atoms with van der Waals surface area (Å²) in [4.78, 5) is 18.6. The largest absolute Gasteiger partial charge is 0.497 e. The number of carbonyl (C=O) groups excluding carboxylic acids is 1. The Morgan fingerprint density at radius 1 is 1.26 bits per heavy atom. The summed E-state index contributed by atoms with van der Waals surface area (Å²) in [5.74, 6) is 0.932. The average Bonchev–Trinajstić information content (AvgIpc) is 2.96. The monoisotopic (exact) mass is 314 g/mol. The Labute approximate surface area is 136 Å². The van der Waals surface area contributed by atoms with Crippen molar-refractivity contribution in [2.75, 3.05) is 13.7 Å². The van der Waals surface area contributed by atoms with Gasteiger partial charge in [-0.3, -0.25) is 4.79 Å². The Bertz CT molecular complexity index is 625. The van der Waals surface area contributed by atoms with Gasteiger partial charge in [-0.1, -0.05) is 25.0 Å². The molecule has 0 radical (unpaired) electrons. The van der Waals surface area contributed by atoms with Crippen LogP contribution < -0.4 is 4.74 Å². The van der Waals surface area contributed by atoms with E-state index >= 15 is 0 Å². The summed E-state index contributed by atoms with van der Waals surface area (Å²) in [7, 11) is 1.66. The molecular formula is C17H22N4O2. The zero-order valence-electron chi connectivity index (χ0n) is 13.4. The third-order valence-electron chi connectivity index (χ3n) is 4.34. The predicted octanol–water partition coefficient (Wildman–Crippen LogP) is 2.43. The van der Waals surface area contributed by atoms with Crippen LogP contribution >= 0.6 is 0 Å². The second kappa shape index (κ2) is 7.26. The minimum absolute atomic E-state index is 0.0956. The van der Waals surface area contributed by atoms with Crippen molar-refractivity contribution < 1.29 is 9.53 Å². The van der Waals surface area contributed by atoms with E-state index in [0.29, 0.717) is 0 Å². The Kier molecular flexibility index (Phi) is 4.90. The van der Waals surface area contributed by atoms with E-state index in [0.717, 1.165) is 31.6 Å². The molecule has 1 amide bonds. The van der Waals surface area contributed by atoms with Gasteiger partial charge in [-0.05, 0) is 30.5 Å². The molecule has 2 heterocycles. The first-order valence-electron chi connectivity index (χ1n) is 8.04. The first-order chi connectivity index (χ1) is 11.3. The molecule has 0 bridgehead atoms. The molecule has 0 aliphatic carbocycles. The molecule has 1 unspecified atom stereocenters. The number of hydrogen-bond donors (Lipinski definition) is 0. The Morgan fingerprint density at radius 2 is 2.09 bits per heavy atom. The fourth-order valence-electron chi connectivity index (χ4n) is 3.12. The number of carbonyl (C=O) groups is 1. The van der Waals surface area contributed by atoms with Crippen molar-refractivity contribution in [2.24, 2.45) is 0 Å². The Hall–Kier alpha value is -2.37. The Morgan fingerprint density at radius 3 is 2.78 bits per heavy atom. The summed E-state index contributed by atoms with van der Waals surface area (Å²) in [6, 6.07) is 8.16. The number of likely N-dealkylation sites (tertiary alicyclic amines) is 1. The number of amides is 1. The quantitative estimate of drug-likeness (QED) is 0.869. The number of methoxy groups -OCH3 is 1. The molecule has 1 fully saturated rings. The van der Waals surface area contributed by atoms with Gasteiger partial charge in [-0.2, -0.15) is 5.10 Å². The van der Waals surface area contributed by atoms with Crippen molar-refractivity contribution in [2.45, 2.75) is 38.3 Å². The van der Waals surface area contributed by atoms with Crippen LogP contribution in [0.2, 0.25) is 0 Å². The second-order valence-electron chi connectivity index (χ2n) is 5.82. The molecule has 3 rings (SSSR count). The molecule has 1 saturated heterocycles. The van der Waals surface area contributed by atoms with Crippen LogP contribution in [0.1, 0.15) is 37.3 Å². The number of benzene rings is 1. The highest BCUT2D eigenvalue weighted by atomic mass is 16.5. The highest BCUT2D eigenvalue weighted by Gasteiger charge is 2.26. The van der Waals surface area contributed by atoms with Crippen molar-refractivity contribution in [1.29, 1.82) is 0 Å². The fourth-order valence-corrected chi connectivity index (χ4v) is 3.12. The van der Waals surface area contributed by atoms with Crippen molar-refractivity contribution in [1.82, 2.24) is 19.7 Å². The lowest BCUT2D eigenvalue weighted by molar-refractivity contribution is -0.134. The van der Waals surface area contributed by atoms with Gasteiger partial charge in [0.2, 0.25) is 5.91 Å². The first kappa shape index (κ1) is 15.5. The van der Waals surface area contributed by atoms with Gasteiger partial charge in [0.15, 0.2) is 0 Å². The maximum absolute atomic E-state index is 12.7. The van der Waals surface area contributed by atoms with Crippen molar-refractivity contribution in [3.8, 4) is 5.75 Å². The minimum atomic E-state index is 0.0956. The highest BCUT2D eigenvalue weighted by molar-refractivity contribution is 5.76. The number of rotatable bonds is 4. The molecular weight excluding hydrogens is 292 g/mol. The zero-order valence-corrected chi connectivity index (χ0v) is 13.4. The van der Waals surface area contributed by atoms with Crippen LogP contribution in [0, 0.1) is 0 Å². The summed E-state index contributed by atoms with van der Waals surface area (Å²) >= 11 is 0. The standard InChI is InChI=1S/C17H22N4O2/c1-23-15-8-6-14(7-9-15)16-5-3-2-4-10-21(16)17(22)11-20-13-18-12-19-20/h6-9,12-13,16H,2-5,10-11H2,1H3. The minimum Gasteiger partial charge on any atom is -0.497 e. The van der Waals surface area contributed by atoms with Crippen LogP contribution in [-0.4, -0.2) is 39.2 Å². The smallest absolute Gasteiger partial charge is 0.244 e. The van der Waals surface area contributed by atoms with Crippen molar-refractivity contribution in [3.05, 3.63) is 42.5 Å². The summed E-state index contributed by atoms with van der Waals surface area (Å²) in [6.07, 6.45) is 7.39. The van der Waals surface area contributed by atoms with Gasteiger partial charge < -0.3 is 9.64 Å². The third-order valence-corrected chi connectivity index (χ3v) is 4.34. The lowest BCUT2D eigenvalue weighted by Crippen LogP contribution is -2.37. The maximum Gasteiger partial charge on any atom is 0.244 e. The molecule has 0 saturated carbocycles. The highest BCUT2D eigenvalue weighted by Crippen LogP contribution is 2.31. The molecule has 6 heteroatoms. The molecule has 0 spiro atoms. The molecule has 1 aromatic carbocycles. The SMILES string of the molecule is COc1ccc(C2CCCCCN2C(=O)Cn2cncn2)cc1. The van der Waals surface area contributed by atoms with Crippen LogP contribution in [0.3, 0.4) is 0 Å². The second-order valence-corrected chi connectivity index (χ2v) is 5.82. The topological polar surface area (TPSA) is 60.2 Å². The van der Waals surface area contributed by atoms with E-state index in [2.05, 4.69) is 22.2 Å². The summed E-state index contributed by atoms with van der Waals surface area (Å²) in [6.45, 7) is 1.04. The van der Waals surface area contributed by atoms with Gasteiger partial charge in [-0.25, -0.2) is 9.67 Å². The van der Waals surface area contributed by atoms with Gasteiger partial charge in [-0.15, -0.1) is 0 Å². The van der Waals surface area contributed by atoms with Crippen LogP contribution in [-0.2, 0) is 11.3 Å². The average molecular weight is 314 g/mol. The molecule has 122 valence electrons. The summed E-state index contributed by atoms with van der Waals surface area (Å²) in [5.41, 5.74) is 1.17. The normalized spacial score (nSPS) is 18.5. The van der Waals surface area contributed by atoms with E-state index in [9.17, 15) is 4.79 Å². The molecule has 6 nitrogen and oxygen atoms in total. The van der Waals surface area contributed by atoms with Gasteiger partial charge in [0.1, 0.15) is 24.9 Å².